The molecule has 0 bridgehead atoms. The van der Waals surface area contributed by atoms with Gasteiger partial charge in [-0.1, -0.05) is 48.9 Å². The predicted molar refractivity (Wildman–Crippen MR) is 170 cm³/mol. The van der Waals surface area contributed by atoms with Gasteiger partial charge in [-0.3, -0.25) is 9.11 Å². The van der Waals surface area contributed by atoms with E-state index < -0.39 is 31.1 Å². The third-order valence-electron chi connectivity index (χ3n) is 8.70. The van der Waals surface area contributed by atoms with Gasteiger partial charge in [0.15, 0.2) is 5.71 Å². The fourth-order valence-corrected chi connectivity index (χ4v) is 7.57. The van der Waals surface area contributed by atoms with Gasteiger partial charge in [-0.05, 0) is 75.6 Å². The van der Waals surface area contributed by atoms with Crippen LogP contribution in [-0.2, 0) is 31.1 Å². The molecule has 0 amide bonds. The van der Waals surface area contributed by atoms with E-state index in [1.807, 2.05) is 68.0 Å². The Hall–Kier alpha value is -3.57. The number of unbranched alkanes of at least 4 members (excludes halogenated alkanes) is 1. The van der Waals surface area contributed by atoms with Gasteiger partial charge in [0, 0.05) is 40.2 Å². The van der Waals surface area contributed by atoms with Crippen LogP contribution in [0.4, 0.5) is 17.1 Å². The zero-order valence-electron chi connectivity index (χ0n) is 24.7. The number of hydrogen-bond acceptors (Lipinski definition) is 5. The second kappa shape index (κ2) is 11.2. The zero-order chi connectivity index (χ0) is 31.2. The summed E-state index contributed by atoms with van der Waals surface area (Å²) in [6.45, 7) is 6.22. The van der Waals surface area contributed by atoms with E-state index in [0.717, 1.165) is 39.6 Å². The topological polar surface area (TPSA) is 115 Å². The number of benzene rings is 3. The molecule has 0 aliphatic carbocycles. The average Bonchev–Trinajstić information content (AvgIpc) is 3.30. The monoisotopic (exact) mass is 621 g/mol. The van der Waals surface area contributed by atoms with Crippen LogP contribution in [0.1, 0.15) is 51.2 Å². The summed E-state index contributed by atoms with van der Waals surface area (Å²) in [6, 6.07) is 23.0. The van der Waals surface area contributed by atoms with Crippen molar-refractivity contribution in [1.29, 1.82) is 0 Å². The smallest absolute Gasteiger partial charge is 0.294 e. The molecule has 226 valence electrons. The van der Waals surface area contributed by atoms with Crippen LogP contribution in [0, 0.1) is 0 Å². The van der Waals surface area contributed by atoms with Gasteiger partial charge in [0.05, 0.1) is 16.1 Å². The van der Waals surface area contributed by atoms with Gasteiger partial charge in [0.25, 0.3) is 20.2 Å². The Morgan fingerprint density at radius 2 is 1.53 bits per heavy atom. The number of para-hydroxylation sites is 2. The number of rotatable bonds is 9. The van der Waals surface area contributed by atoms with E-state index in [-0.39, 0.29) is 10.6 Å². The molecular formula is C33H37N2O6S2+. The molecule has 0 spiro atoms. The molecule has 0 saturated heterocycles. The van der Waals surface area contributed by atoms with Crippen LogP contribution in [0.25, 0.3) is 0 Å². The first kappa shape index (κ1) is 30.9. The first-order valence-electron chi connectivity index (χ1n) is 14.2. The standard InChI is InChI=1S/C33H36N2O6S2/c1-32(2)27-23-25(43(39,40)41)19-20-28(27)34(4)30(32)17-12-18-31-33(3,21-10-11-22-42(36,37)38)26-15-8-9-16-29(26)35(31)24-13-6-5-7-14-24/h5-9,12-20,23H,10-11,21-22H2,1-4H3,(H-,36,37,38,39,40,41)/p+1. The molecule has 0 radical (unpaired) electrons. The van der Waals surface area contributed by atoms with E-state index in [0.29, 0.717) is 19.3 Å². The molecule has 1 atom stereocenters. The van der Waals surface area contributed by atoms with Crippen molar-refractivity contribution >= 4 is 43.0 Å². The molecule has 0 aromatic heterocycles. The highest BCUT2D eigenvalue weighted by molar-refractivity contribution is 7.86. The zero-order valence-corrected chi connectivity index (χ0v) is 26.4. The van der Waals surface area contributed by atoms with Crippen LogP contribution in [0.3, 0.4) is 0 Å². The van der Waals surface area contributed by atoms with E-state index in [1.165, 1.54) is 12.1 Å². The molecule has 3 aromatic rings. The van der Waals surface area contributed by atoms with E-state index in [4.69, 9.17) is 0 Å². The van der Waals surface area contributed by atoms with Crippen molar-refractivity contribution in [3.63, 3.8) is 0 Å². The fourth-order valence-electron chi connectivity index (χ4n) is 6.50. The summed E-state index contributed by atoms with van der Waals surface area (Å²) in [5.74, 6) is -0.272. The lowest BCUT2D eigenvalue weighted by molar-refractivity contribution is -0.401. The van der Waals surface area contributed by atoms with Crippen molar-refractivity contribution in [1.82, 2.24) is 0 Å². The van der Waals surface area contributed by atoms with Crippen molar-refractivity contribution in [2.24, 2.45) is 0 Å². The molecule has 2 aliphatic rings. The Morgan fingerprint density at radius 1 is 0.860 bits per heavy atom. The summed E-state index contributed by atoms with van der Waals surface area (Å²) in [4.78, 5) is 2.11. The van der Waals surface area contributed by atoms with Crippen molar-refractivity contribution in [2.45, 2.75) is 55.8 Å². The normalized spacial score (nSPS) is 20.7. The van der Waals surface area contributed by atoms with E-state index in [1.54, 1.807) is 6.07 Å². The predicted octanol–water partition coefficient (Wildman–Crippen LogP) is 6.55. The summed E-state index contributed by atoms with van der Waals surface area (Å²) in [7, 11) is -6.43. The summed E-state index contributed by atoms with van der Waals surface area (Å²) >= 11 is 0. The lowest BCUT2D eigenvalue weighted by Gasteiger charge is -2.30. The third kappa shape index (κ3) is 5.84. The van der Waals surface area contributed by atoms with Gasteiger partial charge in [0.1, 0.15) is 7.05 Å². The van der Waals surface area contributed by atoms with Gasteiger partial charge in [-0.25, -0.2) is 0 Å². The highest BCUT2D eigenvalue weighted by atomic mass is 32.2. The quantitative estimate of drug-likeness (QED) is 0.158. The molecule has 0 fully saturated rings. The molecule has 10 heteroatoms. The molecule has 2 N–H and O–H groups in total. The Labute approximate surface area is 254 Å². The second-order valence-electron chi connectivity index (χ2n) is 11.9. The van der Waals surface area contributed by atoms with Gasteiger partial charge < -0.3 is 4.90 Å². The van der Waals surface area contributed by atoms with E-state index in [2.05, 4.69) is 42.2 Å². The molecule has 8 nitrogen and oxygen atoms in total. The Balaban J connectivity index is 1.57. The lowest BCUT2D eigenvalue weighted by Crippen LogP contribution is -2.27. The van der Waals surface area contributed by atoms with Crippen LogP contribution in [0.5, 0.6) is 0 Å². The number of anilines is 2. The minimum atomic E-state index is -4.34. The minimum absolute atomic E-state index is 0.132. The summed E-state index contributed by atoms with van der Waals surface area (Å²) in [5, 5.41) is 0. The van der Waals surface area contributed by atoms with Gasteiger partial charge in [0.2, 0.25) is 5.69 Å². The van der Waals surface area contributed by atoms with Gasteiger partial charge in [-0.2, -0.15) is 21.4 Å². The maximum absolute atomic E-state index is 11.8. The Morgan fingerprint density at radius 3 is 2.21 bits per heavy atom. The highest BCUT2D eigenvalue weighted by Gasteiger charge is 2.45. The average molecular weight is 622 g/mol. The highest BCUT2D eigenvalue weighted by Crippen LogP contribution is 2.53. The van der Waals surface area contributed by atoms with Crippen molar-refractivity contribution in [3.8, 4) is 0 Å². The van der Waals surface area contributed by atoms with Crippen LogP contribution in [0.15, 0.2) is 102 Å². The van der Waals surface area contributed by atoms with Crippen molar-refractivity contribution in [3.05, 3.63) is 108 Å². The maximum Gasteiger partial charge on any atom is 0.294 e. The van der Waals surface area contributed by atoms with Gasteiger partial charge in [-0.15, -0.1) is 0 Å². The second-order valence-corrected chi connectivity index (χ2v) is 14.9. The van der Waals surface area contributed by atoms with E-state index >= 15 is 0 Å². The van der Waals surface area contributed by atoms with Crippen molar-refractivity contribution in [2.75, 3.05) is 17.7 Å². The molecule has 1 unspecified atom stereocenters. The molecule has 2 heterocycles. The largest absolute Gasteiger partial charge is 0.313 e. The van der Waals surface area contributed by atoms with Crippen molar-refractivity contribution < 1.29 is 30.5 Å². The molecule has 0 saturated carbocycles. The minimum Gasteiger partial charge on any atom is -0.313 e. The number of hydrogen-bond donors (Lipinski definition) is 2. The third-order valence-corrected chi connectivity index (χ3v) is 10.4. The van der Waals surface area contributed by atoms with Gasteiger partial charge >= 0.3 is 0 Å². The SMILES string of the molecule is C[N+]1=C(C=CC=C2N(c3ccccc3)c3ccccc3C2(C)CCCCS(=O)(=O)O)C(C)(C)c2cc(S(=O)(=O)O)ccc21. The first-order valence-corrected chi connectivity index (χ1v) is 17.2. The molecule has 43 heavy (non-hydrogen) atoms. The molecular weight excluding hydrogens is 585 g/mol. The van der Waals surface area contributed by atoms with Crippen LogP contribution in [-0.4, -0.2) is 49.0 Å². The summed E-state index contributed by atoms with van der Waals surface area (Å²) in [6.07, 6.45) is 7.77. The molecule has 3 aromatic carbocycles. The number of fused-ring (bicyclic) bond motifs is 2. The first-order chi connectivity index (χ1) is 20.1. The summed E-state index contributed by atoms with van der Waals surface area (Å²) < 4.78 is 67.4. The number of nitrogens with zero attached hydrogens (tertiary/aromatic N) is 2. The molecule has 5 rings (SSSR count). The van der Waals surface area contributed by atoms with Crippen LogP contribution >= 0.6 is 0 Å². The summed E-state index contributed by atoms with van der Waals surface area (Å²) in [5.41, 5.74) is 5.90. The Kier molecular flexibility index (Phi) is 8.02. The number of allylic oxidation sites excluding steroid dienone is 4. The van der Waals surface area contributed by atoms with E-state index in [9.17, 15) is 25.9 Å². The van der Waals surface area contributed by atoms with Crippen LogP contribution in [0.2, 0.25) is 0 Å². The molecule has 2 aliphatic heterocycles. The maximum atomic E-state index is 11.8. The fraction of sp³-hybridized carbons (Fsp3) is 0.303. The Bertz CT molecular complexity index is 1880. The lowest BCUT2D eigenvalue weighted by atomic mass is 9.77. The van der Waals surface area contributed by atoms with Crippen LogP contribution < -0.4 is 4.90 Å².